The predicted octanol–water partition coefficient (Wildman–Crippen LogP) is 2.82. The number of rotatable bonds is 4. The highest BCUT2D eigenvalue weighted by molar-refractivity contribution is 5.92. The summed E-state index contributed by atoms with van der Waals surface area (Å²) in [6, 6.07) is 0.718. The summed E-state index contributed by atoms with van der Waals surface area (Å²) in [5.74, 6) is 1.62. The van der Waals surface area contributed by atoms with Gasteiger partial charge in [0.05, 0.1) is 11.5 Å². The van der Waals surface area contributed by atoms with Crippen molar-refractivity contribution in [1.82, 2.24) is 20.1 Å². The maximum Gasteiger partial charge on any atom is 0.185 e. The Labute approximate surface area is 160 Å². The number of anilines is 2. The Morgan fingerprint density at radius 2 is 2.04 bits per heavy atom. The van der Waals surface area contributed by atoms with Gasteiger partial charge in [0, 0.05) is 37.8 Å². The van der Waals surface area contributed by atoms with Crippen molar-refractivity contribution < 1.29 is 4.74 Å². The lowest BCUT2D eigenvalue weighted by Gasteiger charge is -2.38. The smallest absolute Gasteiger partial charge is 0.185 e. The van der Waals surface area contributed by atoms with Crippen LogP contribution in [0.5, 0.6) is 0 Å². The van der Waals surface area contributed by atoms with Gasteiger partial charge in [0.1, 0.15) is 11.6 Å². The fourth-order valence-corrected chi connectivity index (χ4v) is 5.09. The van der Waals surface area contributed by atoms with Gasteiger partial charge in [0.15, 0.2) is 5.65 Å². The molecule has 1 saturated heterocycles. The van der Waals surface area contributed by atoms with Gasteiger partial charge in [0.25, 0.3) is 0 Å². The van der Waals surface area contributed by atoms with Crippen LogP contribution in [-0.2, 0) is 17.7 Å². The second kappa shape index (κ2) is 7.28. The summed E-state index contributed by atoms with van der Waals surface area (Å²) in [6.45, 7) is 3.75. The zero-order valence-electron chi connectivity index (χ0n) is 16.0. The molecule has 0 bridgehead atoms. The number of pyridine rings is 1. The van der Waals surface area contributed by atoms with Crippen LogP contribution < -0.4 is 11.1 Å². The van der Waals surface area contributed by atoms with Crippen LogP contribution in [0.4, 0.5) is 11.6 Å². The molecule has 0 amide bonds. The molecule has 1 unspecified atom stereocenters. The normalized spacial score (nSPS) is 24.4. The van der Waals surface area contributed by atoms with E-state index >= 15 is 0 Å². The fraction of sp³-hybridized carbons (Fsp3) is 0.700. The Morgan fingerprint density at radius 1 is 1.15 bits per heavy atom. The second-order valence-corrected chi connectivity index (χ2v) is 8.28. The number of nitrogens with two attached hydrogens (primary N) is 1. The number of H-pyrrole nitrogens is 1. The van der Waals surface area contributed by atoms with Crippen LogP contribution in [0, 0.1) is 0 Å². The Bertz CT molecular complexity index is 806. The summed E-state index contributed by atoms with van der Waals surface area (Å²) in [6.07, 6.45) is 10.4. The lowest BCUT2D eigenvalue weighted by Crippen LogP contribution is -2.40. The first kappa shape index (κ1) is 17.3. The van der Waals surface area contributed by atoms with E-state index in [1.165, 1.54) is 43.2 Å². The number of aromatic amines is 1. The highest BCUT2D eigenvalue weighted by Crippen LogP contribution is 2.35. The number of nitrogens with zero attached hydrogens (tertiary/aromatic N) is 3. The molecule has 7 nitrogen and oxygen atoms in total. The lowest BCUT2D eigenvalue weighted by atomic mass is 9.90. The molecule has 2 aromatic rings. The van der Waals surface area contributed by atoms with Crippen LogP contribution in [0.1, 0.15) is 56.1 Å². The average Bonchev–Trinajstić information content (AvgIpc) is 3.36. The number of fused-ring (bicyclic) bond motifs is 3. The van der Waals surface area contributed by atoms with E-state index in [9.17, 15) is 0 Å². The average molecular weight is 371 g/mol. The molecule has 1 atom stereocenters. The van der Waals surface area contributed by atoms with E-state index < -0.39 is 0 Å². The van der Waals surface area contributed by atoms with Crippen molar-refractivity contribution in [3.63, 3.8) is 0 Å². The summed E-state index contributed by atoms with van der Waals surface area (Å²) in [4.78, 5) is 7.50. The minimum Gasteiger partial charge on any atom is -0.384 e. The molecule has 0 radical (unpaired) electrons. The Hall–Kier alpha value is -1.86. The number of hydrogen-bond acceptors (Lipinski definition) is 6. The third-order valence-electron chi connectivity index (χ3n) is 6.57. The van der Waals surface area contributed by atoms with Crippen LogP contribution in [-0.4, -0.2) is 51.9 Å². The number of nitrogen functional groups attached to an aromatic ring is 1. The maximum absolute atomic E-state index is 6.19. The van der Waals surface area contributed by atoms with Gasteiger partial charge < -0.3 is 15.8 Å². The molecule has 3 aliphatic rings. The minimum atomic E-state index is 0.292. The molecule has 1 saturated carbocycles. The van der Waals surface area contributed by atoms with E-state index in [2.05, 4.69) is 20.4 Å². The quantitative estimate of drug-likeness (QED) is 0.766. The summed E-state index contributed by atoms with van der Waals surface area (Å²) >= 11 is 0. The van der Waals surface area contributed by atoms with E-state index in [4.69, 9.17) is 15.5 Å². The van der Waals surface area contributed by atoms with Gasteiger partial charge >= 0.3 is 0 Å². The topological polar surface area (TPSA) is 92.1 Å². The molecule has 5 rings (SSSR count). The van der Waals surface area contributed by atoms with E-state index in [0.717, 1.165) is 68.4 Å². The van der Waals surface area contributed by atoms with Crippen LogP contribution in [0.3, 0.4) is 0 Å². The molecular formula is C20H30N6O. The van der Waals surface area contributed by atoms with Crippen LogP contribution in [0.25, 0.3) is 11.0 Å². The summed E-state index contributed by atoms with van der Waals surface area (Å²) in [5.41, 5.74) is 9.56. The number of aromatic nitrogens is 3. The summed E-state index contributed by atoms with van der Waals surface area (Å²) in [5, 5.41) is 11.9. The molecule has 2 aromatic heterocycles. The van der Waals surface area contributed by atoms with E-state index in [1.807, 2.05) is 0 Å². The molecule has 0 aromatic carbocycles. The SMILES string of the molecule is Nc1[nH]nc2nc(NCC3CCCO3)c3c(c12)CCN(C1CCCCC1)C3. The van der Waals surface area contributed by atoms with Crippen molar-refractivity contribution >= 4 is 22.7 Å². The van der Waals surface area contributed by atoms with Crippen molar-refractivity contribution in [2.45, 2.75) is 70.1 Å². The first-order valence-electron chi connectivity index (χ1n) is 10.5. The highest BCUT2D eigenvalue weighted by Gasteiger charge is 2.29. The van der Waals surface area contributed by atoms with Gasteiger partial charge in [0.2, 0.25) is 0 Å². The van der Waals surface area contributed by atoms with E-state index in [0.29, 0.717) is 11.9 Å². The molecule has 7 heteroatoms. The Kier molecular flexibility index (Phi) is 4.65. The zero-order chi connectivity index (χ0) is 18.2. The van der Waals surface area contributed by atoms with Crippen molar-refractivity contribution in [2.75, 3.05) is 30.7 Å². The van der Waals surface area contributed by atoms with E-state index in [-0.39, 0.29) is 0 Å². The van der Waals surface area contributed by atoms with Gasteiger partial charge in [-0.3, -0.25) is 10.00 Å². The van der Waals surface area contributed by atoms with Gasteiger partial charge in [-0.1, -0.05) is 19.3 Å². The largest absolute Gasteiger partial charge is 0.384 e. The number of hydrogen-bond donors (Lipinski definition) is 3. The van der Waals surface area contributed by atoms with Gasteiger partial charge in [-0.15, -0.1) is 0 Å². The first-order valence-corrected chi connectivity index (χ1v) is 10.5. The van der Waals surface area contributed by atoms with Crippen molar-refractivity contribution in [2.24, 2.45) is 0 Å². The van der Waals surface area contributed by atoms with Crippen LogP contribution >= 0.6 is 0 Å². The van der Waals surface area contributed by atoms with Gasteiger partial charge in [-0.05, 0) is 37.7 Å². The third-order valence-corrected chi connectivity index (χ3v) is 6.57. The number of ether oxygens (including phenoxy) is 1. The molecule has 27 heavy (non-hydrogen) atoms. The standard InChI is InChI=1S/C20H30N6O/c21-18-17-15-8-9-26(13-5-2-1-3-6-13)12-16(15)19(23-20(17)25-24-18)22-11-14-7-4-10-27-14/h13-14H,1-12H2,(H4,21,22,23,24,25). The summed E-state index contributed by atoms with van der Waals surface area (Å²) in [7, 11) is 0. The third kappa shape index (κ3) is 3.27. The minimum absolute atomic E-state index is 0.292. The molecule has 4 N–H and O–H groups in total. The molecule has 1 aliphatic carbocycles. The Morgan fingerprint density at radius 3 is 2.85 bits per heavy atom. The van der Waals surface area contributed by atoms with Crippen molar-refractivity contribution in [3.05, 3.63) is 11.1 Å². The molecular weight excluding hydrogens is 340 g/mol. The molecule has 2 aliphatic heterocycles. The molecule has 0 spiro atoms. The van der Waals surface area contributed by atoms with Crippen molar-refractivity contribution in [3.8, 4) is 0 Å². The second-order valence-electron chi connectivity index (χ2n) is 8.28. The monoisotopic (exact) mass is 370 g/mol. The predicted molar refractivity (Wildman–Crippen MR) is 107 cm³/mol. The lowest BCUT2D eigenvalue weighted by molar-refractivity contribution is 0.120. The molecule has 2 fully saturated rings. The molecule has 4 heterocycles. The maximum atomic E-state index is 6.19. The van der Waals surface area contributed by atoms with Gasteiger partial charge in [-0.25, -0.2) is 4.98 Å². The zero-order valence-corrected chi connectivity index (χ0v) is 16.0. The van der Waals surface area contributed by atoms with Gasteiger partial charge in [-0.2, -0.15) is 5.10 Å². The fourth-order valence-electron chi connectivity index (χ4n) is 5.09. The first-order chi connectivity index (χ1) is 13.3. The summed E-state index contributed by atoms with van der Waals surface area (Å²) < 4.78 is 5.78. The Balaban J connectivity index is 1.46. The number of nitrogens with one attached hydrogen (secondary N) is 2. The highest BCUT2D eigenvalue weighted by atomic mass is 16.5. The van der Waals surface area contributed by atoms with Crippen LogP contribution in [0.2, 0.25) is 0 Å². The van der Waals surface area contributed by atoms with E-state index in [1.54, 1.807) is 0 Å². The van der Waals surface area contributed by atoms with Crippen molar-refractivity contribution in [1.29, 1.82) is 0 Å². The van der Waals surface area contributed by atoms with Crippen LogP contribution in [0.15, 0.2) is 0 Å². The molecule has 146 valence electrons.